The topological polar surface area (TPSA) is 89.9 Å². The Morgan fingerprint density at radius 1 is 0.750 bits per heavy atom. The average molecular weight is 545 g/mol. The molecule has 2 unspecified atom stereocenters. The molecule has 0 bridgehead atoms. The van der Waals surface area contributed by atoms with Crippen molar-refractivity contribution in [2.75, 3.05) is 6.61 Å². The van der Waals surface area contributed by atoms with Gasteiger partial charge in [0.1, 0.15) is 22.7 Å². The second-order valence-electron chi connectivity index (χ2n) is 11.3. The molecular weight excluding hydrogens is 504 g/mol. The molecule has 1 N–H and O–H groups in total. The summed E-state index contributed by atoms with van der Waals surface area (Å²) in [5.74, 6) is 2.13. The number of phenols is 1. The lowest BCUT2D eigenvalue weighted by Crippen LogP contribution is -2.22. The molecule has 4 aromatic rings. The zero-order valence-corrected chi connectivity index (χ0v) is 23.9. The van der Waals surface area contributed by atoms with Crippen LogP contribution in [0.5, 0.6) is 11.5 Å². The highest BCUT2D eigenvalue weighted by Crippen LogP contribution is 2.34. The van der Waals surface area contributed by atoms with Crippen molar-refractivity contribution >= 4 is 21.9 Å². The van der Waals surface area contributed by atoms with Crippen molar-refractivity contribution in [2.45, 2.75) is 85.0 Å². The van der Waals surface area contributed by atoms with Gasteiger partial charge in [0, 0.05) is 34.0 Å². The van der Waals surface area contributed by atoms with Crippen LogP contribution in [0.4, 0.5) is 0 Å². The van der Waals surface area contributed by atoms with Crippen LogP contribution in [0.15, 0.2) is 54.8 Å². The fourth-order valence-electron chi connectivity index (χ4n) is 6.60. The molecule has 0 radical (unpaired) electrons. The number of phenolic OH excluding ortho intramolecular Hbond substituents is 1. The largest absolute Gasteiger partial charge is 0.508 e. The normalized spacial score (nSPS) is 18.1. The van der Waals surface area contributed by atoms with E-state index in [0.29, 0.717) is 29.6 Å². The van der Waals surface area contributed by atoms with Gasteiger partial charge in [-0.25, -0.2) is 9.59 Å². The molecule has 2 aliphatic carbocycles. The highest BCUT2D eigenvalue weighted by atomic mass is 16.5. The van der Waals surface area contributed by atoms with Crippen molar-refractivity contribution in [1.82, 2.24) is 0 Å². The minimum atomic E-state index is -0.228. The first-order chi connectivity index (χ1) is 19.4. The number of aryl methyl sites for hydroxylation is 2. The predicted octanol–water partition coefficient (Wildman–Crippen LogP) is 7.50. The van der Waals surface area contributed by atoms with Gasteiger partial charge in [0.2, 0.25) is 0 Å². The van der Waals surface area contributed by atoms with Gasteiger partial charge in [-0.2, -0.15) is 0 Å². The van der Waals surface area contributed by atoms with Crippen LogP contribution >= 0.6 is 0 Å². The molecule has 0 aliphatic heterocycles. The van der Waals surface area contributed by atoms with E-state index in [1.54, 1.807) is 6.07 Å². The van der Waals surface area contributed by atoms with Crippen LogP contribution < -0.4 is 16.0 Å². The summed E-state index contributed by atoms with van der Waals surface area (Å²) < 4.78 is 16.4. The molecule has 2 aliphatic rings. The maximum Gasteiger partial charge on any atom is 0.339 e. The number of benzene rings is 2. The van der Waals surface area contributed by atoms with Crippen LogP contribution in [0.3, 0.4) is 0 Å². The number of ether oxygens (including phenoxy) is 1. The first-order valence-corrected chi connectivity index (χ1v) is 14.9. The first-order valence-electron chi connectivity index (χ1n) is 14.9. The molecule has 0 saturated carbocycles. The summed E-state index contributed by atoms with van der Waals surface area (Å²) in [4.78, 5) is 24.4. The monoisotopic (exact) mass is 544 g/mol. The molecule has 6 rings (SSSR count). The minimum absolute atomic E-state index is 0.135. The standard InChI is InChI=1S/C18H22O3.C16H18O3/c1-3-5-12-6-8-14-15-9-7-13(20-4-2)11-17(15)21-18(19)16(14)10-12;1-2-3-10-4-6-12-13-7-5-11(17)9-15(13)19-16(18)14(12)8-10/h7,9,11-12H,3-6,8,10H2,1-2H3;5,7,9-10,17H,2-4,6,8H2,1H3. The summed E-state index contributed by atoms with van der Waals surface area (Å²) >= 11 is 0. The van der Waals surface area contributed by atoms with E-state index in [9.17, 15) is 14.7 Å². The Kier molecular flexibility index (Phi) is 8.63. The Morgan fingerprint density at radius 2 is 1.27 bits per heavy atom. The van der Waals surface area contributed by atoms with Crippen LogP contribution in [0, 0.1) is 11.8 Å². The molecule has 0 saturated heterocycles. The number of hydrogen-bond donors (Lipinski definition) is 1. The first kappa shape index (κ1) is 28.0. The van der Waals surface area contributed by atoms with Gasteiger partial charge in [0.15, 0.2) is 0 Å². The van der Waals surface area contributed by atoms with Crippen LogP contribution in [0.2, 0.25) is 0 Å². The maximum atomic E-state index is 12.3. The van der Waals surface area contributed by atoms with E-state index in [4.69, 9.17) is 13.6 Å². The molecule has 2 aromatic carbocycles. The molecule has 2 atom stereocenters. The van der Waals surface area contributed by atoms with Gasteiger partial charge in [0.05, 0.1) is 6.61 Å². The lowest BCUT2D eigenvalue weighted by Gasteiger charge is -2.24. The van der Waals surface area contributed by atoms with Gasteiger partial charge >= 0.3 is 11.3 Å². The molecule has 6 heteroatoms. The highest BCUT2D eigenvalue weighted by molar-refractivity contribution is 5.83. The molecule has 6 nitrogen and oxygen atoms in total. The lowest BCUT2D eigenvalue weighted by molar-refractivity contribution is 0.340. The van der Waals surface area contributed by atoms with E-state index < -0.39 is 0 Å². The summed E-state index contributed by atoms with van der Waals surface area (Å²) in [6.07, 6.45) is 10.6. The highest BCUT2D eigenvalue weighted by Gasteiger charge is 2.25. The van der Waals surface area contributed by atoms with Crippen LogP contribution in [0.25, 0.3) is 21.9 Å². The van der Waals surface area contributed by atoms with Crippen molar-refractivity contribution in [1.29, 1.82) is 0 Å². The SMILES string of the molecule is CCCC1CCc2c(c(=O)oc3cc(O)ccc23)C1.CCCC1CCc2c(c(=O)oc3cc(OCC)ccc23)C1. The summed E-state index contributed by atoms with van der Waals surface area (Å²) in [7, 11) is 0. The van der Waals surface area contributed by atoms with E-state index in [1.807, 2.05) is 31.2 Å². The van der Waals surface area contributed by atoms with Crippen molar-refractivity contribution < 1.29 is 18.7 Å². The van der Waals surface area contributed by atoms with Gasteiger partial charge in [-0.15, -0.1) is 0 Å². The van der Waals surface area contributed by atoms with Gasteiger partial charge < -0.3 is 18.7 Å². The smallest absolute Gasteiger partial charge is 0.339 e. The summed E-state index contributed by atoms with van der Waals surface area (Å²) in [6.45, 7) is 6.94. The molecule has 2 aromatic heterocycles. The summed E-state index contributed by atoms with van der Waals surface area (Å²) in [6, 6.07) is 10.9. The van der Waals surface area contributed by atoms with Gasteiger partial charge in [-0.3, -0.25) is 0 Å². The van der Waals surface area contributed by atoms with Crippen molar-refractivity contribution in [2.24, 2.45) is 11.8 Å². The van der Waals surface area contributed by atoms with Gasteiger partial charge in [0.25, 0.3) is 0 Å². The Hall–Kier alpha value is -3.54. The van der Waals surface area contributed by atoms with Crippen molar-refractivity contribution in [3.8, 4) is 11.5 Å². The molecule has 0 spiro atoms. The average Bonchev–Trinajstić information content (AvgIpc) is 2.94. The fraction of sp³-hybridized carbons (Fsp3) is 0.471. The van der Waals surface area contributed by atoms with Crippen LogP contribution in [-0.2, 0) is 25.7 Å². The third kappa shape index (κ3) is 5.81. The van der Waals surface area contributed by atoms with Gasteiger partial charge in [-0.1, -0.05) is 39.5 Å². The molecule has 0 amide bonds. The second-order valence-corrected chi connectivity index (χ2v) is 11.3. The summed E-state index contributed by atoms with van der Waals surface area (Å²) in [5.41, 5.74) is 4.83. The number of fused-ring (bicyclic) bond motifs is 6. The zero-order valence-electron chi connectivity index (χ0n) is 23.9. The van der Waals surface area contributed by atoms with E-state index in [1.165, 1.54) is 37.3 Å². The third-order valence-corrected chi connectivity index (χ3v) is 8.49. The molecule has 212 valence electrons. The lowest BCUT2D eigenvalue weighted by atomic mass is 9.81. The van der Waals surface area contributed by atoms with Crippen LogP contribution in [0.1, 0.15) is 81.5 Å². The van der Waals surface area contributed by atoms with Crippen LogP contribution in [-0.4, -0.2) is 11.7 Å². The maximum absolute atomic E-state index is 12.3. The fourth-order valence-corrected chi connectivity index (χ4v) is 6.60. The Balaban J connectivity index is 0.000000162. The third-order valence-electron chi connectivity index (χ3n) is 8.49. The van der Waals surface area contributed by atoms with Crippen molar-refractivity contribution in [3.63, 3.8) is 0 Å². The van der Waals surface area contributed by atoms with Gasteiger partial charge in [-0.05, 0) is 92.7 Å². The predicted molar refractivity (Wildman–Crippen MR) is 159 cm³/mol. The molecule has 2 heterocycles. The number of hydrogen-bond acceptors (Lipinski definition) is 6. The summed E-state index contributed by atoms with van der Waals surface area (Å²) in [5, 5.41) is 11.5. The zero-order chi connectivity index (χ0) is 28.2. The second kappa shape index (κ2) is 12.3. The van der Waals surface area contributed by atoms with E-state index in [2.05, 4.69) is 13.8 Å². The Bertz CT molecular complexity index is 1610. The van der Waals surface area contributed by atoms with Crippen molar-refractivity contribution in [3.05, 3.63) is 79.5 Å². The minimum Gasteiger partial charge on any atom is -0.508 e. The Labute approximate surface area is 235 Å². The number of aromatic hydroxyl groups is 1. The molecule has 0 fully saturated rings. The molecule has 40 heavy (non-hydrogen) atoms. The van der Waals surface area contributed by atoms with E-state index in [0.717, 1.165) is 71.7 Å². The van der Waals surface area contributed by atoms with E-state index >= 15 is 0 Å². The Morgan fingerprint density at radius 3 is 1.80 bits per heavy atom. The molecular formula is C34H40O6. The van der Waals surface area contributed by atoms with E-state index in [-0.39, 0.29) is 17.0 Å². The number of rotatable bonds is 6. The quantitative estimate of drug-likeness (QED) is 0.253.